The third-order valence-corrected chi connectivity index (χ3v) is 3.97. The fourth-order valence-electron chi connectivity index (χ4n) is 1.51. The Hall–Kier alpha value is -1.26. The summed E-state index contributed by atoms with van der Waals surface area (Å²) in [6.45, 7) is 3.83. The molecule has 5 heteroatoms. The highest BCUT2D eigenvalue weighted by Gasteiger charge is 2.13. The number of nitrogens with zero attached hydrogens (tertiary/aromatic N) is 1. The van der Waals surface area contributed by atoms with Crippen molar-refractivity contribution in [2.75, 3.05) is 12.8 Å². The van der Waals surface area contributed by atoms with Crippen LogP contribution in [0.5, 0.6) is 5.75 Å². The van der Waals surface area contributed by atoms with Crippen molar-refractivity contribution >= 4 is 27.9 Å². The molecule has 0 aliphatic carbocycles. The molecule has 0 saturated carbocycles. The second-order valence-corrected chi connectivity index (χ2v) is 5.21. The summed E-state index contributed by atoms with van der Waals surface area (Å²) in [5, 5.41) is 2.25. The van der Waals surface area contributed by atoms with E-state index in [0.717, 1.165) is 32.6 Å². The van der Waals surface area contributed by atoms with Crippen molar-refractivity contribution in [2.45, 2.75) is 13.8 Å². The molecule has 0 radical (unpaired) electrons. The van der Waals surface area contributed by atoms with Gasteiger partial charge in [-0.3, -0.25) is 0 Å². The molecule has 0 unspecified atom stereocenters. The maximum absolute atomic E-state index is 6.13. The summed E-state index contributed by atoms with van der Waals surface area (Å²) in [5.41, 5.74) is 8.52. The molecule has 3 nitrogen and oxygen atoms in total. The number of thiazole rings is 1. The van der Waals surface area contributed by atoms with Gasteiger partial charge in [-0.05, 0) is 31.5 Å². The minimum atomic E-state index is 0.701. The van der Waals surface area contributed by atoms with Crippen molar-refractivity contribution in [1.29, 1.82) is 0 Å². The molecule has 0 spiro atoms. The van der Waals surface area contributed by atoms with Crippen molar-refractivity contribution in [3.63, 3.8) is 0 Å². The molecule has 90 valence electrons. The first kappa shape index (κ1) is 12.2. The minimum absolute atomic E-state index is 0.701. The zero-order valence-electron chi connectivity index (χ0n) is 9.87. The molecule has 2 N–H and O–H groups in total. The quantitative estimate of drug-likeness (QED) is 0.904. The van der Waals surface area contributed by atoms with Crippen LogP contribution in [0.3, 0.4) is 0 Å². The second-order valence-electron chi connectivity index (χ2n) is 3.77. The number of nitrogen functional groups attached to an aromatic ring is 1. The zero-order chi connectivity index (χ0) is 12.6. The van der Waals surface area contributed by atoms with Gasteiger partial charge in [0, 0.05) is 5.02 Å². The number of aryl methyl sites for hydroxylation is 2. The third-order valence-electron chi connectivity index (χ3n) is 2.54. The van der Waals surface area contributed by atoms with Crippen LogP contribution < -0.4 is 10.5 Å². The summed E-state index contributed by atoms with van der Waals surface area (Å²) in [6.07, 6.45) is 0. The first-order valence-corrected chi connectivity index (χ1v) is 6.29. The lowest BCUT2D eigenvalue weighted by molar-refractivity contribution is 0.416. The van der Waals surface area contributed by atoms with Gasteiger partial charge < -0.3 is 10.5 Å². The molecule has 0 amide bonds. The number of hydrogen-bond acceptors (Lipinski definition) is 4. The maximum atomic E-state index is 6.13. The van der Waals surface area contributed by atoms with E-state index >= 15 is 0 Å². The molecule has 0 aliphatic heterocycles. The summed E-state index contributed by atoms with van der Waals surface area (Å²) in [6, 6.07) is 3.78. The van der Waals surface area contributed by atoms with Gasteiger partial charge >= 0.3 is 0 Å². The van der Waals surface area contributed by atoms with E-state index in [1.165, 1.54) is 11.3 Å². The summed E-state index contributed by atoms with van der Waals surface area (Å²) >= 11 is 7.57. The van der Waals surface area contributed by atoms with Gasteiger partial charge in [0.25, 0.3) is 0 Å². The number of aromatic nitrogens is 1. The minimum Gasteiger partial charge on any atom is -0.496 e. The van der Waals surface area contributed by atoms with E-state index in [0.29, 0.717) is 5.02 Å². The smallest absolute Gasteiger partial charge is 0.129 e. The van der Waals surface area contributed by atoms with Crippen LogP contribution in [0, 0.1) is 13.8 Å². The zero-order valence-corrected chi connectivity index (χ0v) is 11.4. The number of hydrogen-bond donors (Lipinski definition) is 1. The number of benzene rings is 1. The number of ether oxygens (including phenoxy) is 1. The molecular weight excluding hydrogens is 256 g/mol. The Morgan fingerprint density at radius 3 is 2.59 bits per heavy atom. The van der Waals surface area contributed by atoms with Crippen molar-refractivity contribution in [2.24, 2.45) is 0 Å². The molecule has 0 atom stereocenters. The molecule has 1 heterocycles. The number of anilines is 1. The average Bonchev–Trinajstić information content (AvgIpc) is 2.62. The van der Waals surface area contributed by atoms with Gasteiger partial charge in [0.2, 0.25) is 0 Å². The Kier molecular flexibility index (Phi) is 3.26. The van der Waals surface area contributed by atoms with E-state index < -0.39 is 0 Å². The van der Waals surface area contributed by atoms with Gasteiger partial charge in [-0.15, -0.1) is 0 Å². The van der Waals surface area contributed by atoms with Gasteiger partial charge in [0.15, 0.2) is 0 Å². The van der Waals surface area contributed by atoms with Crippen LogP contribution >= 0.6 is 22.9 Å². The normalized spacial score (nSPS) is 10.6. The molecule has 2 aromatic rings. The van der Waals surface area contributed by atoms with Crippen molar-refractivity contribution < 1.29 is 4.74 Å². The molecule has 1 aromatic carbocycles. The van der Waals surface area contributed by atoms with Gasteiger partial charge in [-0.1, -0.05) is 22.9 Å². The Morgan fingerprint density at radius 2 is 2.06 bits per heavy atom. The van der Waals surface area contributed by atoms with Gasteiger partial charge in [-0.2, -0.15) is 0 Å². The molecule has 0 fully saturated rings. The fraction of sp³-hybridized carbons (Fsp3) is 0.250. The van der Waals surface area contributed by atoms with Crippen LogP contribution in [0.25, 0.3) is 10.6 Å². The topological polar surface area (TPSA) is 48.1 Å². The third kappa shape index (κ3) is 2.23. The monoisotopic (exact) mass is 268 g/mol. The molecule has 0 saturated heterocycles. The van der Waals surface area contributed by atoms with Crippen LogP contribution in [0.15, 0.2) is 12.1 Å². The lowest BCUT2D eigenvalue weighted by atomic mass is 10.1. The van der Waals surface area contributed by atoms with Crippen LogP contribution in [0.1, 0.15) is 11.3 Å². The standard InChI is InChI=1S/C12H13ClN2OS/c1-6-4-10(16-3)8(5-9(6)13)12-15-7(2)11(14)17-12/h4-5H,14H2,1-3H3. The number of rotatable bonds is 2. The predicted octanol–water partition coefficient (Wildman–Crippen LogP) is 3.67. The highest BCUT2D eigenvalue weighted by Crippen LogP contribution is 2.38. The lowest BCUT2D eigenvalue weighted by Crippen LogP contribution is -1.89. The number of halogens is 1. The van der Waals surface area contributed by atoms with E-state index in [2.05, 4.69) is 4.98 Å². The number of nitrogens with two attached hydrogens (primary N) is 1. The van der Waals surface area contributed by atoms with Gasteiger partial charge in [0.1, 0.15) is 15.8 Å². The number of methoxy groups -OCH3 is 1. The second kappa shape index (κ2) is 4.55. The van der Waals surface area contributed by atoms with E-state index in [9.17, 15) is 0 Å². The van der Waals surface area contributed by atoms with Crippen molar-refractivity contribution in [3.05, 3.63) is 28.4 Å². The van der Waals surface area contributed by atoms with Crippen molar-refractivity contribution in [1.82, 2.24) is 4.98 Å². The lowest BCUT2D eigenvalue weighted by Gasteiger charge is -2.08. The van der Waals surface area contributed by atoms with Crippen LogP contribution in [-0.2, 0) is 0 Å². The molecule has 0 bridgehead atoms. The van der Waals surface area contributed by atoms with Gasteiger partial charge in [-0.25, -0.2) is 4.98 Å². The summed E-state index contributed by atoms with van der Waals surface area (Å²) < 4.78 is 5.35. The first-order valence-electron chi connectivity index (χ1n) is 5.10. The van der Waals surface area contributed by atoms with Crippen LogP contribution in [0.2, 0.25) is 5.02 Å². The first-order chi connectivity index (χ1) is 8.02. The molecular formula is C12H13ClN2OS. The van der Waals surface area contributed by atoms with E-state index in [4.69, 9.17) is 22.1 Å². The molecule has 0 aliphatic rings. The van der Waals surface area contributed by atoms with Gasteiger partial charge in [0.05, 0.1) is 18.4 Å². The average molecular weight is 269 g/mol. The Balaban J connectivity index is 2.61. The van der Waals surface area contributed by atoms with Crippen LogP contribution in [0.4, 0.5) is 5.00 Å². The Morgan fingerprint density at radius 1 is 1.35 bits per heavy atom. The van der Waals surface area contributed by atoms with Crippen LogP contribution in [-0.4, -0.2) is 12.1 Å². The molecule has 1 aromatic heterocycles. The largest absolute Gasteiger partial charge is 0.496 e. The summed E-state index contributed by atoms with van der Waals surface area (Å²) in [5.74, 6) is 0.764. The summed E-state index contributed by atoms with van der Waals surface area (Å²) in [7, 11) is 1.63. The fourth-order valence-corrected chi connectivity index (χ4v) is 2.53. The van der Waals surface area contributed by atoms with E-state index in [1.54, 1.807) is 7.11 Å². The maximum Gasteiger partial charge on any atom is 0.129 e. The van der Waals surface area contributed by atoms with Crippen molar-refractivity contribution in [3.8, 4) is 16.3 Å². The Bertz CT molecular complexity index is 546. The van der Waals surface area contributed by atoms with E-state index in [-0.39, 0.29) is 0 Å². The summed E-state index contributed by atoms with van der Waals surface area (Å²) in [4.78, 5) is 4.41. The van der Waals surface area contributed by atoms with E-state index in [1.807, 2.05) is 26.0 Å². The molecule has 17 heavy (non-hydrogen) atoms. The predicted molar refractivity (Wildman–Crippen MR) is 73.0 cm³/mol. The highest BCUT2D eigenvalue weighted by molar-refractivity contribution is 7.19. The molecule has 2 rings (SSSR count). The highest BCUT2D eigenvalue weighted by atomic mass is 35.5. The SMILES string of the molecule is COc1cc(C)c(Cl)cc1-c1nc(C)c(N)s1. The Labute approximate surface area is 109 Å².